The molecule has 274 valence electrons. The van der Waals surface area contributed by atoms with E-state index in [1.54, 1.807) is 0 Å². The molecule has 2 aliphatic carbocycles. The highest BCUT2D eigenvalue weighted by molar-refractivity contribution is 7.26. The second-order valence-corrected chi connectivity index (χ2v) is 16.4. The second-order valence-electron chi connectivity index (χ2n) is 15.4. The van der Waals surface area contributed by atoms with Gasteiger partial charge in [-0.3, -0.25) is 0 Å². The Morgan fingerprint density at radius 3 is 2.21 bits per heavy atom. The van der Waals surface area contributed by atoms with Crippen LogP contribution in [0.4, 0.5) is 0 Å². The highest BCUT2D eigenvalue weighted by Gasteiger charge is 2.40. The minimum absolute atomic E-state index is 0.0904. The lowest BCUT2D eigenvalue weighted by atomic mass is 9.79. The molecule has 2 atom stereocenters. The van der Waals surface area contributed by atoms with Crippen LogP contribution in [0.5, 0.6) is 5.75 Å². The number of allylic oxidation sites excluding steroid dienone is 3. The normalized spacial score (nSPS) is 16.8. The van der Waals surface area contributed by atoms with E-state index in [0.717, 1.165) is 57.4 Å². The number of benzene rings is 7. The molecule has 3 heterocycles. The molecule has 12 rings (SSSR count). The van der Waals surface area contributed by atoms with Crippen molar-refractivity contribution < 1.29 is 4.74 Å². The van der Waals surface area contributed by atoms with Gasteiger partial charge in [0.2, 0.25) is 0 Å². The van der Waals surface area contributed by atoms with Gasteiger partial charge >= 0.3 is 0 Å². The highest BCUT2D eigenvalue weighted by atomic mass is 32.1. The van der Waals surface area contributed by atoms with Gasteiger partial charge in [0.25, 0.3) is 0 Å². The summed E-state index contributed by atoms with van der Waals surface area (Å²) in [4.78, 5) is 15.9. The van der Waals surface area contributed by atoms with Crippen molar-refractivity contribution in [1.82, 2.24) is 15.0 Å². The molecule has 4 nitrogen and oxygen atoms in total. The minimum atomic E-state index is -0.228. The van der Waals surface area contributed by atoms with Crippen LogP contribution in [0.1, 0.15) is 40.4 Å². The third-order valence-corrected chi connectivity index (χ3v) is 13.2. The van der Waals surface area contributed by atoms with Crippen molar-refractivity contribution in [2.45, 2.75) is 24.9 Å². The van der Waals surface area contributed by atoms with Gasteiger partial charge in [0.1, 0.15) is 11.9 Å². The topological polar surface area (TPSA) is 47.9 Å². The van der Waals surface area contributed by atoms with Gasteiger partial charge in [0.05, 0.1) is 5.92 Å². The number of aryl methyl sites for hydroxylation is 1. The Balaban J connectivity index is 1.09. The first kappa shape index (κ1) is 33.2. The maximum absolute atomic E-state index is 6.84. The van der Waals surface area contributed by atoms with Crippen molar-refractivity contribution in [3.63, 3.8) is 0 Å². The summed E-state index contributed by atoms with van der Waals surface area (Å²) in [5.41, 5.74) is 11.5. The number of para-hydroxylation sites is 1. The molecule has 0 saturated carbocycles. The molecule has 0 saturated heterocycles. The molecular weight excluding hydrogens is 727 g/mol. The van der Waals surface area contributed by atoms with Crippen LogP contribution in [0, 0.1) is 0 Å². The van der Waals surface area contributed by atoms with E-state index in [0.29, 0.717) is 17.5 Å². The van der Waals surface area contributed by atoms with Crippen LogP contribution in [-0.4, -0.2) is 21.1 Å². The number of aromatic nitrogens is 3. The van der Waals surface area contributed by atoms with E-state index in [9.17, 15) is 0 Å². The molecule has 0 spiro atoms. The Morgan fingerprint density at radius 2 is 1.31 bits per heavy atom. The molecule has 58 heavy (non-hydrogen) atoms. The molecular formula is C53H35N3OS. The number of nitrogens with zero attached hydrogens (tertiary/aromatic N) is 3. The van der Waals surface area contributed by atoms with Crippen LogP contribution in [0.3, 0.4) is 0 Å². The molecule has 2 aromatic heterocycles. The minimum Gasteiger partial charge on any atom is -0.485 e. The third kappa shape index (κ3) is 5.46. The third-order valence-electron chi connectivity index (χ3n) is 11.9. The van der Waals surface area contributed by atoms with Crippen LogP contribution >= 0.6 is 11.3 Å². The molecule has 0 fully saturated rings. The summed E-state index contributed by atoms with van der Waals surface area (Å²) in [6.45, 7) is 0. The van der Waals surface area contributed by atoms with Gasteiger partial charge in [-0.25, -0.2) is 15.0 Å². The Labute approximate surface area is 340 Å². The summed E-state index contributed by atoms with van der Waals surface area (Å²) >= 11 is 1.91. The maximum atomic E-state index is 6.84. The van der Waals surface area contributed by atoms with Crippen molar-refractivity contribution in [3.05, 3.63) is 198 Å². The summed E-state index contributed by atoms with van der Waals surface area (Å²) < 4.78 is 9.53. The quantitative estimate of drug-likeness (QED) is 0.175. The molecule has 0 bridgehead atoms. The zero-order valence-electron chi connectivity index (χ0n) is 31.5. The first-order valence-corrected chi connectivity index (χ1v) is 20.8. The lowest BCUT2D eigenvalue weighted by molar-refractivity contribution is 0.272. The fourth-order valence-corrected chi connectivity index (χ4v) is 10.5. The second kappa shape index (κ2) is 13.3. The van der Waals surface area contributed by atoms with E-state index in [4.69, 9.17) is 19.7 Å². The first-order valence-electron chi connectivity index (χ1n) is 20.0. The predicted octanol–water partition coefficient (Wildman–Crippen LogP) is 13.4. The molecule has 1 aliphatic heterocycles. The summed E-state index contributed by atoms with van der Waals surface area (Å²) in [7, 11) is 0. The van der Waals surface area contributed by atoms with Gasteiger partial charge in [-0.1, -0.05) is 140 Å². The lowest BCUT2D eigenvalue weighted by Gasteiger charge is -2.26. The molecule has 5 heteroatoms. The van der Waals surface area contributed by atoms with Crippen LogP contribution in [0.2, 0.25) is 0 Å². The van der Waals surface area contributed by atoms with Crippen molar-refractivity contribution in [2.24, 2.45) is 0 Å². The average molecular weight is 762 g/mol. The average Bonchev–Trinajstić information content (AvgIpc) is 3.88. The molecule has 7 aromatic carbocycles. The van der Waals surface area contributed by atoms with E-state index >= 15 is 0 Å². The molecule has 2 unspecified atom stereocenters. The Hall–Kier alpha value is -6.95. The fraction of sp³-hybridized carbons (Fsp3) is 0.0755. The number of thiophene rings is 1. The van der Waals surface area contributed by atoms with E-state index in [1.807, 2.05) is 17.4 Å². The number of hydrogen-bond acceptors (Lipinski definition) is 5. The zero-order chi connectivity index (χ0) is 38.2. The number of ether oxygens (including phenoxy) is 1. The van der Waals surface area contributed by atoms with Gasteiger partial charge in [-0.2, -0.15) is 0 Å². The van der Waals surface area contributed by atoms with E-state index in [2.05, 4.69) is 170 Å². The van der Waals surface area contributed by atoms with Crippen molar-refractivity contribution in [1.29, 1.82) is 0 Å². The van der Waals surface area contributed by atoms with Crippen LogP contribution in [0.25, 0.3) is 82.1 Å². The maximum Gasteiger partial charge on any atom is 0.164 e. The van der Waals surface area contributed by atoms with E-state index in [-0.39, 0.29) is 12.0 Å². The molecule has 0 N–H and O–H groups in total. The fourth-order valence-electron chi connectivity index (χ4n) is 9.14. The summed E-state index contributed by atoms with van der Waals surface area (Å²) in [6, 6.07) is 53.6. The molecule has 3 aliphatic rings. The van der Waals surface area contributed by atoms with Crippen LogP contribution in [-0.2, 0) is 6.42 Å². The molecule has 9 aromatic rings. The number of hydrogen-bond donors (Lipinski definition) is 0. The van der Waals surface area contributed by atoms with Gasteiger partial charge < -0.3 is 4.74 Å². The van der Waals surface area contributed by atoms with Crippen LogP contribution in [0.15, 0.2) is 170 Å². The van der Waals surface area contributed by atoms with Gasteiger partial charge in [0.15, 0.2) is 17.5 Å². The summed E-state index contributed by atoms with van der Waals surface area (Å²) in [5.74, 6) is 2.75. The van der Waals surface area contributed by atoms with Gasteiger partial charge in [-0.05, 0) is 93.4 Å². The highest BCUT2D eigenvalue weighted by Crippen LogP contribution is 2.51. The van der Waals surface area contributed by atoms with Crippen LogP contribution < -0.4 is 4.74 Å². The lowest BCUT2D eigenvalue weighted by Crippen LogP contribution is -2.22. The van der Waals surface area contributed by atoms with Gasteiger partial charge in [0, 0.05) is 42.4 Å². The Morgan fingerprint density at radius 1 is 0.603 bits per heavy atom. The first-order chi connectivity index (χ1) is 28.7. The van der Waals surface area contributed by atoms with E-state index < -0.39 is 0 Å². The predicted molar refractivity (Wildman–Crippen MR) is 240 cm³/mol. The van der Waals surface area contributed by atoms with E-state index in [1.165, 1.54) is 47.8 Å². The standard InChI is InChI=1S/C53H35N3OS/c1-2-12-32(13-3-1)34-22-25-35(26-23-34)51-54-52(38-27-24-33-14-4-5-15-36(33)28-38)56-53(55-51)44-30-39(31-46-48(44)41-18-8-10-20-45(41)57-46)43-29-37-16-6-7-17-40(37)50-49(43)42-19-9-11-21-47(42)58-50/h1-6,8-16,18-31,46,48H,7,17H2. The molecule has 0 radical (unpaired) electrons. The summed E-state index contributed by atoms with van der Waals surface area (Å²) in [6.07, 6.45) is 11.2. The smallest absolute Gasteiger partial charge is 0.164 e. The monoisotopic (exact) mass is 761 g/mol. The SMILES string of the molecule is C1=Cc2cc(C3=CC4Oc5ccccc5C4C(c4nc(-c5ccc(-c6ccccc6)cc5)nc(-c5ccc6ccccc6c5)n4)=C3)c3c(sc4ccccc43)c2CC1. The summed E-state index contributed by atoms with van der Waals surface area (Å²) in [5, 5.41) is 4.93. The number of fused-ring (bicyclic) bond motifs is 9. The number of rotatable bonds is 5. The molecule has 0 amide bonds. The van der Waals surface area contributed by atoms with Gasteiger partial charge in [-0.15, -0.1) is 11.3 Å². The Kier molecular flexibility index (Phi) is 7.63. The largest absolute Gasteiger partial charge is 0.485 e. The van der Waals surface area contributed by atoms with Crippen molar-refractivity contribution in [3.8, 4) is 39.7 Å². The Bertz CT molecular complexity index is 3210. The van der Waals surface area contributed by atoms with Crippen molar-refractivity contribution >= 4 is 59.5 Å². The van der Waals surface area contributed by atoms with Crippen molar-refractivity contribution in [2.75, 3.05) is 0 Å². The zero-order valence-corrected chi connectivity index (χ0v) is 32.3.